The number of carbonyl (C=O) groups is 2. The molecule has 2 rings (SSSR count). The van der Waals surface area contributed by atoms with Crippen LogP contribution in [-0.2, 0) is 16.1 Å². The third kappa shape index (κ3) is 5.36. The molecular weight excluding hydrogens is 315 g/mol. The summed E-state index contributed by atoms with van der Waals surface area (Å²) in [4.78, 5) is 23.6. The van der Waals surface area contributed by atoms with Crippen molar-refractivity contribution in [2.24, 2.45) is 0 Å². The summed E-state index contributed by atoms with van der Waals surface area (Å²) >= 11 is 0. The number of hydrazine groups is 1. The van der Waals surface area contributed by atoms with Crippen molar-refractivity contribution in [2.75, 3.05) is 13.7 Å². The van der Waals surface area contributed by atoms with E-state index in [1.54, 1.807) is 25.3 Å². The number of hydrogen-bond acceptors (Lipinski definition) is 4. The molecule has 126 valence electrons. The Kier molecular flexibility index (Phi) is 6.27. The molecule has 0 bridgehead atoms. The molecule has 2 N–H and O–H groups in total. The van der Waals surface area contributed by atoms with Gasteiger partial charge in [-0.2, -0.15) is 0 Å². The highest BCUT2D eigenvalue weighted by molar-refractivity contribution is 5.95. The largest absolute Gasteiger partial charge is 0.484 e. The van der Waals surface area contributed by atoms with Gasteiger partial charge in [-0.1, -0.05) is 12.1 Å². The molecule has 0 heterocycles. The van der Waals surface area contributed by atoms with E-state index in [0.717, 1.165) is 5.56 Å². The molecule has 0 saturated carbocycles. The first-order valence-corrected chi connectivity index (χ1v) is 7.14. The van der Waals surface area contributed by atoms with Gasteiger partial charge in [-0.05, 0) is 42.0 Å². The summed E-state index contributed by atoms with van der Waals surface area (Å²) in [5.74, 6) is -1.04. The number of nitrogens with one attached hydrogen (secondary N) is 2. The molecule has 2 aromatic rings. The van der Waals surface area contributed by atoms with Crippen molar-refractivity contribution in [2.45, 2.75) is 6.61 Å². The normalized spacial score (nSPS) is 10.1. The zero-order chi connectivity index (χ0) is 17.4. The number of benzene rings is 2. The van der Waals surface area contributed by atoms with Crippen molar-refractivity contribution in [1.29, 1.82) is 0 Å². The molecule has 0 radical (unpaired) electrons. The van der Waals surface area contributed by atoms with Crippen LogP contribution >= 0.6 is 0 Å². The lowest BCUT2D eigenvalue weighted by molar-refractivity contribution is -0.123. The van der Waals surface area contributed by atoms with Crippen molar-refractivity contribution in [3.63, 3.8) is 0 Å². The van der Waals surface area contributed by atoms with Gasteiger partial charge in [-0.25, -0.2) is 4.39 Å². The Bertz CT molecular complexity index is 704. The molecule has 0 aliphatic heterocycles. The summed E-state index contributed by atoms with van der Waals surface area (Å²) in [6.07, 6.45) is 0. The monoisotopic (exact) mass is 332 g/mol. The Morgan fingerprint density at radius 2 is 1.83 bits per heavy atom. The van der Waals surface area contributed by atoms with E-state index in [4.69, 9.17) is 9.47 Å². The highest BCUT2D eigenvalue weighted by Gasteiger charge is 2.08. The minimum Gasteiger partial charge on any atom is -0.484 e. The molecule has 0 aliphatic rings. The van der Waals surface area contributed by atoms with Gasteiger partial charge in [0.2, 0.25) is 0 Å². The van der Waals surface area contributed by atoms with Crippen LogP contribution in [0.2, 0.25) is 0 Å². The minimum atomic E-state index is -0.541. The number of carbonyl (C=O) groups excluding carboxylic acids is 2. The average molecular weight is 332 g/mol. The quantitative estimate of drug-likeness (QED) is 0.791. The standard InChI is InChI=1S/C17H17FN2O4/c1-23-10-12-3-2-4-13(9-12)17(22)20-19-16(21)11-24-15-7-5-14(18)6-8-15/h2-9H,10-11H2,1H3,(H,19,21)(H,20,22). The zero-order valence-corrected chi connectivity index (χ0v) is 13.0. The van der Waals surface area contributed by atoms with E-state index >= 15 is 0 Å². The second-order valence-corrected chi connectivity index (χ2v) is 4.88. The van der Waals surface area contributed by atoms with Gasteiger partial charge in [-0.15, -0.1) is 0 Å². The van der Waals surface area contributed by atoms with Crippen molar-refractivity contribution >= 4 is 11.8 Å². The molecule has 0 spiro atoms. The van der Waals surface area contributed by atoms with Gasteiger partial charge < -0.3 is 9.47 Å². The maximum absolute atomic E-state index is 12.7. The minimum absolute atomic E-state index is 0.310. The van der Waals surface area contributed by atoms with Crippen LogP contribution in [0.15, 0.2) is 48.5 Å². The van der Waals surface area contributed by atoms with Crippen LogP contribution in [0.25, 0.3) is 0 Å². The third-order valence-corrected chi connectivity index (χ3v) is 3.00. The third-order valence-electron chi connectivity index (χ3n) is 3.00. The fourth-order valence-electron chi connectivity index (χ4n) is 1.88. The molecule has 2 aromatic carbocycles. The van der Waals surface area contributed by atoms with Crippen LogP contribution in [0, 0.1) is 5.82 Å². The van der Waals surface area contributed by atoms with Gasteiger partial charge in [0.05, 0.1) is 6.61 Å². The Balaban J connectivity index is 1.79. The molecule has 0 unspecified atom stereocenters. The van der Waals surface area contributed by atoms with Crippen LogP contribution in [0.4, 0.5) is 4.39 Å². The van der Waals surface area contributed by atoms with E-state index in [2.05, 4.69) is 10.9 Å². The maximum Gasteiger partial charge on any atom is 0.276 e. The summed E-state index contributed by atoms with van der Waals surface area (Å²) in [5.41, 5.74) is 5.78. The lowest BCUT2D eigenvalue weighted by Gasteiger charge is -2.09. The van der Waals surface area contributed by atoms with Crippen molar-refractivity contribution in [3.8, 4) is 5.75 Å². The van der Waals surface area contributed by atoms with Crippen LogP contribution in [0.3, 0.4) is 0 Å². The molecule has 6 nitrogen and oxygen atoms in total. The smallest absolute Gasteiger partial charge is 0.276 e. The van der Waals surface area contributed by atoms with Crippen LogP contribution in [-0.4, -0.2) is 25.5 Å². The van der Waals surface area contributed by atoms with Crippen molar-refractivity contribution in [3.05, 3.63) is 65.5 Å². The number of amides is 2. The Morgan fingerprint density at radius 3 is 2.54 bits per heavy atom. The first-order chi connectivity index (χ1) is 11.6. The molecule has 2 amide bonds. The summed E-state index contributed by atoms with van der Waals surface area (Å²) in [5, 5.41) is 0. The van der Waals surface area contributed by atoms with Gasteiger partial charge in [0.1, 0.15) is 11.6 Å². The number of hydrogen-bond donors (Lipinski definition) is 2. The molecule has 0 aromatic heterocycles. The lowest BCUT2D eigenvalue weighted by Crippen LogP contribution is -2.43. The molecule has 0 aliphatic carbocycles. The fourth-order valence-corrected chi connectivity index (χ4v) is 1.88. The molecule has 0 atom stereocenters. The Morgan fingerprint density at radius 1 is 1.08 bits per heavy atom. The second kappa shape index (κ2) is 8.64. The Hall–Kier alpha value is -2.93. The van der Waals surface area contributed by atoms with E-state index < -0.39 is 17.6 Å². The zero-order valence-electron chi connectivity index (χ0n) is 13.0. The number of halogens is 1. The number of ether oxygens (including phenoxy) is 2. The van der Waals surface area contributed by atoms with Gasteiger partial charge in [0, 0.05) is 12.7 Å². The average Bonchev–Trinajstić information content (AvgIpc) is 2.59. The van der Waals surface area contributed by atoms with Gasteiger partial charge in [0.15, 0.2) is 6.61 Å². The van der Waals surface area contributed by atoms with E-state index in [-0.39, 0.29) is 6.61 Å². The fraction of sp³-hybridized carbons (Fsp3) is 0.176. The SMILES string of the molecule is COCc1cccc(C(=O)NNC(=O)COc2ccc(F)cc2)c1. The second-order valence-electron chi connectivity index (χ2n) is 4.88. The van der Waals surface area contributed by atoms with Gasteiger partial charge in [-0.3, -0.25) is 20.4 Å². The van der Waals surface area contributed by atoms with E-state index in [0.29, 0.717) is 17.9 Å². The topological polar surface area (TPSA) is 76.7 Å². The van der Waals surface area contributed by atoms with E-state index in [9.17, 15) is 14.0 Å². The van der Waals surface area contributed by atoms with E-state index in [1.807, 2.05) is 6.07 Å². The van der Waals surface area contributed by atoms with Crippen LogP contribution in [0.1, 0.15) is 15.9 Å². The van der Waals surface area contributed by atoms with Gasteiger partial charge >= 0.3 is 0 Å². The molecule has 0 saturated heterocycles. The molecular formula is C17H17FN2O4. The molecule has 0 fully saturated rings. The number of methoxy groups -OCH3 is 1. The summed E-state index contributed by atoms with van der Waals surface area (Å²) < 4.78 is 22.9. The highest BCUT2D eigenvalue weighted by Crippen LogP contribution is 2.10. The van der Waals surface area contributed by atoms with E-state index in [1.165, 1.54) is 24.3 Å². The molecule has 7 heteroatoms. The van der Waals surface area contributed by atoms with Crippen LogP contribution < -0.4 is 15.6 Å². The first kappa shape index (κ1) is 17.4. The van der Waals surface area contributed by atoms with Crippen LogP contribution in [0.5, 0.6) is 5.75 Å². The molecule has 24 heavy (non-hydrogen) atoms. The summed E-state index contributed by atoms with van der Waals surface area (Å²) in [6.45, 7) is 0.0780. The highest BCUT2D eigenvalue weighted by atomic mass is 19.1. The van der Waals surface area contributed by atoms with Crippen molar-refractivity contribution in [1.82, 2.24) is 10.9 Å². The predicted molar refractivity (Wildman–Crippen MR) is 84.7 cm³/mol. The maximum atomic E-state index is 12.7. The van der Waals surface area contributed by atoms with Gasteiger partial charge in [0.25, 0.3) is 11.8 Å². The summed E-state index contributed by atoms with van der Waals surface area (Å²) in [7, 11) is 1.56. The lowest BCUT2D eigenvalue weighted by atomic mass is 10.1. The summed E-state index contributed by atoms with van der Waals surface area (Å²) in [6, 6.07) is 12.1. The number of rotatable bonds is 6. The van der Waals surface area contributed by atoms with Crippen molar-refractivity contribution < 1.29 is 23.5 Å². The Labute approximate surface area is 138 Å². The first-order valence-electron chi connectivity index (χ1n) is 7.14. The predicted octanol–water partition coefficient (Wildman–Crippen LogP) is 1.81.